The van der Waals surface area contributed by atoms with E-state index in [1.54, 1.807) is 54.7 Å². The minimum atomic E-state index is -0.330. The summed E-state index contributed by atoms with van der Waals surface area (Å²) >= 11 is 3.34. The number of amides is 3. The summed E-state index contributed by atoms with van der Waals surface area (Å²) in [4.78, 5) is 40.5. The minimum absolute atomic E-state index is 0.138. The van der Waals surface area contributed by atoms with Crippen LogP contribution in [-0.2, 0) is 4.79 Å². The van der Waals surface area contributed by atoms with Gasteiger partial charge < -0.3 is 16.0 Å². The van der Waals surface area contributed by atoms with Crippen molar-refractivity contribution in [3.8, 4) is 0 Å². The number of anilines is 2. The van der Waals surface area contributed by atoms with E-state index in [-0.39, 0.29) is 30.7 Å². The molecule has 0 aliphatic heterocycles. The highest BCUT2D eigenvalue weighted by Gasteiger charge is 2.10. The number of halogens is 1. The molecule has 0 saturated carbocycles. The molecule has 30 heavy (non-hydrogen) atoms. The van der Waals surface area contributed by atoms with E-state index < -0.39 is 0 Å². The van der Waals surface area contributed by atoms with Crippen molar-refractivity contribution in [1.82, 2.24) is 10.3 Å². The molecule has 0 unspecified atom stereocenters. The molecule has 1 aromatic heterocycles. The normalized spacial score (nSPS) is 10.2. The zero-order valence-electron chi connectivity index (χ0n) is 15.9. The van der Waals surface area contributed by atoms with E-state index in [9.17, 15) is 14.4 Å². The number of rotatable bonds is 7. The Bertz CT molecular complexity index is 1040. The quantitative estimate of drug-likeness (QED) is 0.492. The van der Waals surface area contributed by atoms with Gasteiger partial charge in [0.05, 0.1) is 5.56 Å². The van der Waals surface area contributed by atoms with Crippen LogP contribution in [0.25, 0.3) is 0 Å². The van der Waals surface area contributed by atoms with E-state index in [0.29, 0.717) is 22.5 Å². The zero-order chi connectivity index (χ0) is 21.3. The molecule has 0 aliphatic rings. The van der Waals surface area contributed by atoms with E-state index in [0.717, 1.165) is 4.47 Å². The predicted molar refractivity (Wildman–Crippen MR) is 118 cm³/mol. The van der Waals surface area contributed by atoms with Crippen LogP contribution < -0.4 is 16.0 Å². The summed E-state index contributed by atoms with van der Waals surface area (Å²) in [5.74, 6) is -0.843. The Hall–Kier alpha value is -3.52. The van der Waals surface area contributed by atoms with E-state index in [2.05, 4.69) is 36.9 Å². The SMILES string of the molecule is O=C(CCNC(=O)c1cccc(NC(=O)c2cccnc2)c1)Nc1ccc(Br)cc1. The Balaban J connectivity index is 1.49. The van der Waals surface area contributed by atoms with Crippen LogP contribution in [-0.4, -0.2) is 29.3 Å². The first-order valence-corrected chi connectivity index (χ1v) is 9.95. The third kappa shape index (κ3) is 6.25. The third-order valence-corrected chi connectivity index (χ3v) is 4.60. The number of nitrogens with zero attached hydrogens (tertiary/aromatic N) is 1. The number of carbonyl (C=O) groups excluding carboxylic acids is 3. The van der Waals surface area contributed by atoms with Gasteiger partial charge in [0.25, 0.3) is 11.8 Å². The first-order chi connectivity index (χ1) is 14.5. The number of carbonyl (C=O) groups is 3. The highest BCUT2D eigenvalue weighted by molar-refractivity contribution is 9.10. The summed E-state index contributed by atoms with van der Waals surface area (Å²) < 4.78 is 0.923. The van der Waals surface area contributed by atoms with Gasteiger partial charge in [-0.1, -0.05) is 22.0 Å². The molecule has 7 nitrogen and oxygen atoms in total. The van der Waals surface area contributed by atoms with E-state index in [1.807, 2.05) is 12.1 Å². The zero-order valence-corrected chi connectivity index (χ0v) is 17.5. The summed E-state index contributed by atoms with van der Waals surface area (Å²) in [7, 11) is 0. The Labute approximate surface area is 182 Å². The lowest BCUT2D eigenvalue weighted by atomic mass is 10.1. The summed E-state index contributed by atoms with van der Waals surface area (Å²) in [6.07, 6.45) is 3.19. The minimum Gasteiger partial charge on any atom is -0.352 e. The van der Waals surface area contributed by atoms with Gasteiger partial charge in [-0.3, -0.25) is 19.4 Å². The number of aromatic nitrogens is 1. The van der Waals surface area contributed by atoms with Crippen molar-refractivity contribution in [1.29, 1.82) is 0 Å². The van der Waals surface area contributed by atoms with Crippen molar-refractivity contribution in [2.24, 2.45) is 0 Å². The lowest BCUT2D eigenvalue weighted by molar-refractivity contribution is -0.116. The second-order valence-electron chi connectivity index (χ2n) is 6.34. The van der Waals surface area contributed by atoms with Crippen molar-refractivity contribution in [3.05, 3.63) is 88.7 Å². The van der Waals surface area contributed by atoms with Crippen molar-refractivity contribution in [2.45, 2.75) is 6.42 Å². The average molecular weight is 467 g/mol. The lowest BCUT2D eigenvalue weighted by Crippen LogP contribution is -2.27. The molecule has 2 aromatic carbocycles. The molecule has 3 N–H and O–H groups in total. The van der Waals surface area contributed by atoms with Crippen molar-refractivity contribution >= 4 is 45.0 Å². The largest absolute Gasteiger partial charge is 0.352 e. The third-order valence-electron chi connectivity index (χ3n) is 4.07. The Kier molecular flexibility index (Phi) is 7.29. The molecular weight excluding hydrogens is 448 g/mol. The molecular formula is C22H19BrN4O3. The molecule has 0 atom stereocenters. The predicted octanol–water partition coefficient (Wildman–Crippen LogP) is 3.86. The van der Waals surface area contributed by atoms with Gasteiger partial charge in [-0.15, -0.1) is 0 Å². The van der Waals surface area contributed by atoms with Crippen LogP contribution in [0.1, 0.15) is 27.1 Å². The van der Waals surface area contributed by atoms with Gasteiger partial charge in [0.2, 0.25) is 5.91 Å². The highest BCUT2D eigenvalue weighted by Crippen LogP contribution is 2.14. The van der Waals surface area contributed by atoms with Crippen LogP contribution in [0.4, 0.5) is 11.4 Å². The van der Waals surface area contributed by atoms with E-state index in [1.165, 1.54) is 6.20 Å². The number of benzene rings is 2. The molecule has 0 radical (unpaired) electrons. The standard InChI is InChI=1S/C22H19BrN4O3/c23-17-6-8-18(9-7-17)26-20(28)10-12-25-21(29)15-3-1-5-19(13-15)27-22(30)16-4-2-11-24-14-16/h1-9,11,13-14H,10,12H2,(H,25,29)(H,26,28)(H,27,30). The molecule has 0 fully saturated rings. The van der Waals surface area contributed by atoms with Crippen LogP contribution in [0.5, 0.6) is 0 Å². The van der Waals surface area contributed by atoms with Gasteiger partial charge in [-0.25, -0.2) is 0 Å². The van der Waals surface area contributed by atoms with Gasteiger partial charge in [-0.05, 0) is 54.6 Å². The number of nitrogens with one attached hydrogen (secondary N) is 3. The summed E-state index contributed by atoms with van der Waals surface area (Å²) in [5.41, 5.74) is 1.98. The Morgan fingerprint density at radius 1 is 0.833 bits per heavy atom. The summed E-state index contributed by atoms with van der Waals surface area (Å²) in [6.45, 7) is 0.188. The summed E-state index contributed by atoms with van der Waals surface area (Å²) in [5, 5.41) is 8.20. The molecule has 1 heterocycles. The van der Waals surface area contributed by atoms with Gasteiger partial charge in [-0.2, -0.15) is 0 Å². The topological polar surface area (TPSA) is 100 Å². The average Bonchev–Trinajstić information content (AvgIpc) is 2.76. The molecule has 3 rings (SSSR count). The lowest BCUT2D eigenvalue weighted by Gasteiger charge is -2.09. The first-order valence-electron chi connectivity index (χ1n) is 9.16. The van der Waals surface area contributed by atoms with E-state index in [4.69, 9.17) is 0 Å². The molecule has 0 bridgehead atoms. The van der Waals surface area contributed by atoms with Crippen LogP contribution in [0.2, 0.25) is 0 Å². The van der Waals surface area contributed by atoms with E-state index >= 15 is 0 Å². The van der Waals surface area contributed by atoms with Gasteiger partial charge in [0.1, 0.15) is 0 Å². The molecule has 0 saturated heterocycles. The highest BCUT2D eigenvalue weighted by atomic mass is 79.9. The van der Waals surface area contributed by atoms with Crippen LogP contribution in [0.3, 0.4) is 0 Å². The van der Waals surface area contributed by atoms with Crippen LogP contribution >= 0.6 is 15.9 Å². The van der Waals surface area contributed by atoms with Gasteiger partial charge in [0, 0.05) is 46.8 Å². The fourth-order valence-corrected chi connectivity index (χ4v) is 2.85. The molecule has 152 valence electrons. The van der Waals surface area contributed by atoms with Crippen molar-refractivity contribution in [3.63, 3.8) is 0 Å². The Morgan fingerprint density at radius 3 is 2.33 bits per heavy atom. The maximum Gasteiger partial charge on any atom is 0.257 e. The Morgan fingerprint density at radius 2 is 1.60 bits per heavy atom. The van der Waals surface area contributed by atoms with Crippen molar-refractivity contribution < 1.29 is 14.4 Å². The van der Waals surface area contributed by atoms with Crippen molar-refractivity contribution in [2.75, 3.05) is 17.2 Å². The monoisotopic (exact) mass is 466 g/mol. The van der Waals surface area contributed by atoms with Crippen LogP contribution in [0.15, 0.2) is 77.5 Å². The number of hydrogen-bond acceptors (Lipinski definition) is 4. The molecule has 3 aromatic rings. The van der Waals surface area contributed by atoms with Gasteiger partial charge in [0.15, 0.2) is 0 Å². The molecule has 0 aliphatic carbocycles. The number of pyridine rings is 1. The fraction of sp³-hybridized carbons (Fsp3) is 0.0909. The number of hydrogen-bond donors (Lipinski definition) is 3. The fourth-order valence-electron chi connectivity index (χ4n) is 2.59. The maximum atomic E-state index is 12.4. The second kappa shape index (κ2) is 10.3. The molecule has 0 spiro atoms. The molecule has 3 amide bonds. The smallest absolute Gasteiger partial charge is 0.257 e. The first kappa shape index (κ1) is 21.2. The molecule has 8 heteroatoms. The second-order valence-corrected chi connectivity index (χ2v) is 7.25. The maximum absolute atomic E-state index is 12.4. The van der Waals surface area contributed by atoms with Gasteiger partial charge >= 0.3 is 0 Å². The summed E-state index contributed by atoms with van der Waals surface area (Å²) in [6, 6.07) is 17.1. The van der Waals surface area contributed by atoms with Crippen LogP contribution in [0, 0.1) is 0 Å².